The second kappa shape index (κ2) is 14.2. The molecule has 8 aromatic carbocycles. The van der Waals surface area contributed by atoms with Crippen LogP contribution in [0.1, 0.15) is 68.9 Å². The summed E-state index contributed by atoms with van der Waals surface area (Å²) in [6.45, 7) is 2.00. The summed E-state index contributed by atoms with van der Waals surface area (Å²) in [6, 6.07) is 51.9. The van der Waals surface area contributed by atoms with Crippen LogP contribution in [0.3, 0.4) is 0 Å². The van der Waals surface area contributed by atoms with Gasteiger partial charge in [0.15, 0.2) is 0 Å². The predicted octanol–water partition coefficient (Wildman–Crippen LogP) is 13.5. The van der Waals surface area contributed by atoms with Gasteiger partial charge in [-0.3, -0.25) is 0 Å². The second-order valence-corrected chi connectivity index (χ2v) is 14.6. The highest BCUT2D eigenvalue weighted by Crippen LogP contribution is 2.43. The average molecular weight is 723 g/mol. The fourth-order valence-corrected chi connectivity index (χ4v) is 9.07. The molecule has 0 fully saturated rings. The zero-order valence-corrected chi connectivity index (χ0v) is 30.7. The van der Waals surface area contributed by atoms with E-state index in [4.69, 9.17) is 14.3 Å². The third-order valence-electron chi connectivity index (χ3n) is 11.5. The predicted molar refractivity (Wildman–Crippen MR) is 232 cm³/mol. The van der Waals surface area contributed by atoms with Gasteiger partial charge in [0, 0.05) is 0 Å². The lowest BCUT2D eigenvalue weighted by Gasteiger charge is -2.28. The SMILES string of the molecule is C1=CC(OC2C=Cc3cccc4cccc2c34)c2cccc3cccc1c23.C1=CC(OC2C=Cc3cccc4cccc2c34)c2cccc3cccc1c23.C=O. The lowest BCUT2D eigenvalue weighted by Crippen LogP contribution is -2.12. The summed E-state index contributed by atoms with van der Waals surface area (Å²) in [4.78, 5) is 8.00. The highest BCUT2D eigenvalue weighted by Gasteiger charge is 2.26. The minimum absolute atomic E-state index is 0.0428. The molecule has 0 heterocycles. The maximum Gasteiger partial charge on any atom is 0.106 e. The minimum Gasteiger partial charge on any atom is -0.357 e. The van der Waals surface area contributed by atoms with Gasteiger partial charge in [0.2, 0.25) is 0 Å². The maximum absolute atomic E-state index is 8.00. The molecule has 56 heavy (non-hydrogen) atoms. The molecule has 0 spiro atoms. The van der Waals surface area contributed by atoms with Crippen molar-refractivity contribution in [1.82, 2.24) is 0 Å². The molecule has 4 atom stereocenters. The normalized spacial score (nSPS) is 19.1. The molecule has 268 valence electrons. The van der Waals surface area contributed by atoms with E-state index in [2.05, 4.69) is 194 Å². The van der Waals surface area contributed by atoms with Crippen molar-refractivity contribution < 1.29 is 14.3 Å². The lowest BCUT2D eigenvalue weighted by atomic mass is 9.89. The van der Waals surface area contributed by atoms with Crippen molar-refractivity contribution in [3.63, 3.8) is 0 Å². The molecule has 0 aromatic heterocycles. The summed E-state index contributed by atoms with van der Waals surface area (Å²) < 4.78 is 13.3. The number of ether oxygens (including phenoxy) is 2. The Morgan fingerprint density at radius 1 is 0.304 bits per heavy atom. The van der Waals surface area contributed by atoms with Gasteiger partial charge in [0.25, 0.3) is 0 Å². The fraction of sp³-hybridized carbons (Fsp3) is 0.0755. The molecular formula is C53H38O3. The Morgan fingerprint density at radius 2 is 0.518 bits per heavy atom. The standard InChI is InChI=1S/2C26H18O.CH2O/c2*1-5-17-9-3-11-21-23(15-13-19(7-1)25(17)21)27-24-16-14-20-8-2-6-18-10-4-12-22(24)26(18)20;1-2/h2*1-16,23-24H;1H2. The van der Waals surface area contributed by atoms with Gasteiger partial charge in [-0.15, -0.1) is 0 Å². The first-order valence-electron chi connectivity index (χ1n) is 19.2. The Hall–Kier alpha value is -6.65. The van der Waals surface area contributed by atoms with Crippen molar-refractivity contribution in [2.24, 2.45) is 0 Å². The van der Waals surface area contributed by atoms with Crippen LogP contribution in [-0.2, 0) is 14.3 Å². The van der Waals surface area contributed by atoms with Crippen molar-refractivity contribution in [1.29, 1.82) is 0 Å². The highest BCUT2D eigenvalue weighted by molar-refractivity contribution is 5.98. The zero-order chi connectivity index (χ0) is 37.6. The lowest BCUT2D eigenvalue weighted by molar-refractivity contribution is -0.0980. The number of benzene rings is 8. The van der Waals surface area contributed by atoms with E-state index in [1.807, 2.05) is 6.79 Å². The second-order valence-electron chi connectivity index (χ2n) is 14.6. The summed E-state index contributed by atoms with van der Waals surface area (Å²) in [5.41, 5.74) is 10.1. The summed E-state index contributed by atoms with van der Waals surface area (Å²) in [7, 11) is 0. The van der Waals surface area contributed by atoms with Crippen LogP contribution >= 0.6 is 0 Å². The van der Waals surface area contributed by atoms with Gasteiger partial charge in [-0.25, -0.2) is 0 Å². The molecule has 0 amide bonds. The van der Waals surface area contributed by atoms with Crippen LogP contribution in [0.15, 0.2) is 170 Å². The number of rotatable bonds is 4. The van der Waals surface area contributed by atoms with Gasteiger partial charge in [-0.2, -0.15) is 0 Å². The third-order valence-corrected chi connectivity index (χ3v) is 11.5. The van der Waals surface area contributed by atoms with Crippen LogP contribution in [0.5, 0.6) is 0 Å². The van der Waals surface area contributed by atoms with Crippen LogP contribution in [0.2, 0.25) is 0 Å². The molecule has 4 aliphatic carbocycles. The van der Waals surface area contributed by atoms with Crippen LogP contribution in [0, 0.1) is 0 Å². The van der Waals surface area contributed by atoms with Gasteiger partial charge in [-0.1, -0.05) is 194 Å². The van der Waals surface area contributed by atoms with Gasteiger partial charge in [0.05, 0.1) is 0 Å². The van der Waals surface area contributed by atoms with Gasteiger partial charge >= 0.3 is 0 Å². The summed E-state index contributed by atoms with van der Waals surface area (Å²) in [5.74, 6) is 0. The molecule has 8 aromatic rings. The summed E-state index contributed by atoms with van der Waals surface area (Å²) in [5, 5.41) is 10.3. The van der Waals surface area contributed by atoms with E-state index in [-0.39, 0.29) is 24.4 Å². The Balaban J connectivity index is 0.000000132. The van der Waals surface area contributed by atoms with E-state index in [1.165, 1.54) is 87.6 Å². The molecule has 0 N–H and O–H groups in total. The minimum atomic E-state index is -0.0428. The first kappa shape index (κ1) is 33.9. The molecule has 12 rings (SSSR count). The molecule has 0 saturated heterocycles. The Labute approximate surface area is 326 Å². The van der Waals surface area contributed by atoms with Crippen LogP contribution in [0.4, 0.5) is 0 Å². The van der Waals surface area contributed by atoms with Crippen LogP contribution in [0.25, 0.3) is 67.4 Å². The smallest absolute Gasteiger partial charge is 0.106 e. The van der Waals surface area contributed by atoms with Gasteiger partial charge < -0.3 is 14.3 Å². The van der Waals surface area contributed by atoms with Gasteiger partial charge in [0.1, 0.15) is 31.2 Å². The number of hydrogen-bond donors (Lipinski definition) is 0. The van der Waals surface area contributed by atoms with E-state index in [1.54, 1.807) is 0 Å². The molecule has 0 saturated carbocycles. The van der Waals surface area contributed by atoms with E-state index >= 15 is 0 Å². The van der Waals surface area contributed by atoms with E-state index in [9.17, 15) is 0 Å². The van der Waals surface area contributed by atoms with E-state index < -0.39 is 0 Å². The molecular weight excluding hydrogens is 685 g/mol. The summed E-state index contributed by atoms with van der Waals surface area (Å²) >= 11 is 0. The number of carbonyl (C=O) groups excluding carboxylic acids is 1. The largest absolute Gasteiger partial charge is 0.357 e. The van der Waals surface area contributed by atoms with Crippen LogP contribution < -0.4 is 0 Å². The van der Waals surface area contributed by atoms with E-state index in [0.717, 1.165) is 0 Å². The maximum atomic E-state index is 8.00. The van der Waals surface area contributed by atoms with Crippen molar-refractivity contribution in [2.45, 2.75) is 24.4 Å². The van der Waals surface area contributed by atoms with Crippen molar-refractivity contribution in [2.75, 3.05) is 0 Å². The first-order chi connectivity index (χ1) is 27.8. The topological polar surface area (TPSA) is 35.5 Å². The summed E-state index contributed by atoms with van der Waals surface area (Å²) in [6.07, 6.45) is 17.4. The molecule has 0 aliphatic heterocycles. The van der Waals surface area contributed by atoms with Crippen molar-refractivity contribution >= 4 is 74.2 Å². The first-order valence-corrected chi connectivity index (χ1v) is 19.2. The Bertz CT molecular complexity index is 2530. The highest BCUT2D eigenvalue weighted by atomic mass is 16.5. The molecule has 4 unspecified atom stereocenters. The van der Waals surface area contributed by atoms with Crippen LogP contribution in [-0.4, -0.2) is 6.79 Å². The average Bonchev–Trinajstić information content (AvgIpc) is 3.26. The van der Waals surface area contributed by atoms with Gasteiger partial charge in [-0.05, 0) is 87.6 Å². The Kier molecular flexibility index (Phi) is 8.60. The molecule has 3 heteroatoms. The Morgan fingerprint density at radius 3 is 0.750 bits per heavy atom. The van der Waals surface area contributed by atoms with E-state index in [0.29, 0.717) is 0 Å². The van der Waals surface area contributed by atoms with Crippen molar-refractivity contribution in [3.05, 3.63) is 214 Å². The molecule has 0 radical (unpaired) electrons. The number of carbonyl (C=O) groups is 1. The number of hydrogen-bond acceptors (Lipinski definition) is 3. The fourth-order valence-electron chi connectivity index (χ4n) is 9.07. The van der Waals surface area contributed by atoms with Crippen molar-refractivity contribution in [3.8, 4) is 0 Å². The molecule has 3 nitrogen and oxygen atoms in total. The quantitative estimate of drug-likeness (QED) is 0.181. The zero-order valence-electron chi connectivity index (χ0n) is 30.7. The third kappa shape index (κ3) is 5.72. The monoisotopic (exact) mass is 722 g/mol. The molecule has 4 aliphatic rings. The molecule has 0 bridgehead atoms.